The second-order valence-corrected chi connectivity index (χ2v) is 4.16. The van der Waals surface area contributed by atoms with E-state index in [-0.39, 0.29) is 6.10 Å². The van der Waals surface area contributed by atoms with Crippen LogP contribution in [0.25, 0.3) is 0 Å². The Hall–Kier alpha value is -0.120. The first-order valence-corrected chi connectivity index (χ1v) is 5.58. The van der Waals surface area contributed by atoms with Gasteiger partial charge in [0, 0.05) is 13.2 Å². The van der Waals surface area contributed by atoms with Crippen LogP contribution in [0.1, 0.15) is 32.6 Å². The smallest absolute Gasteiger partial charge is 0.0784 e. The molecule has 1 atom stereocenters. The summed E-state index contributed by atoms with van der Waals surface area (Å²) in [5.74, 6) is 0. The highest BCUT2D eigenvalue weighted by atomic mass is 16.5. The van der Waals surface area contributed by atoms with Crippen molar-refractivity contribution in [3.63, 3.8) is 0 Å². The van der Waals surface area contributed by atoms with Crippen LogP contribution in [0.5, 0.6) is 0 Å². The van der Waals surface area contributed by atoms with Crippen molar-refractivity contribution in [2.45, 2.75) is 50.9 Å². The summed E-state index contributed by atoms with van der Waals surface area (Å²) < 4.78 is 10.9. The van der Waals surface area contributed by atoms with Crippen molar-refractivity contribution >= 4 is 0 Å². The maximum Gasteiger partial charge on any atom is 0.0784 e. The Bertz CT molecular complexity index is 144. The van der Waals surface area contributed by atoms with E-state index in [0.717, 1.165) is 0 Å². The molecule has 1 unspecified atom stereocenters. The predicted octanol–water partition coefficient (Wildman–Crippen LogP) is 1.57. The van der Waals surface area contributed by atoms with Crippen molar-refractivity contribution in [3.05, 3.63) is 0 Å². The van der Waals surface area contributed by atoms with Crippen LogP contribution in [-0.2, 0) is 9.47 Å². The van der Waals surface area contributed by atoms with Crippen LogP contribution < -0.4 is 5.32 Å². The van der Waals surface area contributed by atoms with Crippen LogP contribution in [0.2, 0.25) is 0 Å². The molecule has 0 bridgehead atoms. The fourth-order valence-electron chi connectivity index (χ4n) is 2.09. The second kappa shape index (κ2) is 6.38. The van der Waals surface area contributed by atoms with Crippen molar-refractivity contribution < 1.29 is 9.47 Å². The molecule has 0 amide bonds. The van der Waals surface area contributed by atoms with E-state index in [9.17, 15) is 0 Å². The molecule has 84 valence electrons. The van der Waals surface area contributed by atoms with Crippen LogP contribution >= 0.6 is 0 Å². The molecule has 0 spiro atoms. The van der Waals surface area contributed by atoms with E-state index in [0.29, 0.717) is 18.8 Å². The maximum absolute atomic E-state index is 5.87. The lowest BCUT2D eigenvalue weighted by Crippen LogP contribution is -2.34. The van der Waals surface area contributed by atoms with Crippen molar-refractivity contribution in [2.24, 2.45) is 0 Å². The third-order valence-electron chi connectivity index (χ3n) is 2.91. The van der Waals surface area contributed by atoms with E-state index < -0.39 is 0 Å². The molecular weight excluding hydrogens is 178 g/mol. The van der Waals surface area contributed by atoms with E-state index in [4.69, 9.17) is 9.47 Å². The van der Waals surface area contributed by atoms with Crippen LogP contribution in [0.3, 0.4) is 0 Å². The number of rotatable bonds is 5. The monoisotopic (exact) mass is 201 g/mol. The topological polar surface area (TPSA) is 30.5 Å². The van der Waals surface area contributed by atoms with Crippen molar-refractivity contribution in [3.8, 4) is 0 Å². The van der Waals surface area contributed by atoms with Gasteiger partial charge in [-0.2, -0.15) is 0 Å². The molecule has 14 heavy (non-hydrogen) atoms. The van der Waals surface area contributed by atoms with Crippen LogP contribution in [0, 0.1) is 0 Å². The fourth-order valence-corrected chi connectivity index (χ4v) is 2.09. The molecule has 0 saturated heterocycles. The van der Waals surface area contributed by atoms with Gasteiger partial charge >= 0.3 is 0 Å². The Morgan fingerprint density at radius 2 is 1.93 bits per heavy atom. The van der Waals surface area contributed by atoms with E-state index in [1.807, 2.05) is 7.05 Å². The van der Waals surface area contributed by atoms with Crippen molar-refractivity contribution in [1.29, 1.82) is 0 Å². The standard InChI is InChI=1S/C11H23NO2/c1-9(8-13-3)14-11-6-4-10(12-2)5-7-11/h9-12H,4-8H2,1-3H3. The molecule has 1 aliphatic rings. The quantitative estimate of drug-likeness (QED) is 0.732. The SMILES string of the molecule is CNC1CCC(OC(C)COC)CC1. The second-order valence-electron chi connectivity index (χ2n) is 4.16. The average Bonchev–Trinajstić information content (AvgIpc) is 2.19. The minimum Gasteiger partial charge on any atom is -0.382 e. The first-order chi connectivity index (χ1) is 6.76. The zero-order valence-corrected chi connectivity index (χ0v) is 9.58. The molecule has 1 aliphatic carbocycles. The minimum absolute atomic E-state index is 0.233. The Kier molecular flexibility index (Phi) is 5.45. The van der Waals surface area contributed by atoms with Gasteiger partial charge in [0.05, 0.1) is 18.8 Å². The van der Waals surface area contributed by atoms with Crippen molar-refractivity contribution in [2.75, 3.05) is 20.8 Å². The van der Waals surface area contributed by atoms with Gasteiger partial charge in [-0.25, -0.2) is 0 Å². The summed E-state index contributed by atoms with van der Waals surface area (Å²) in [6.07, 6.45) is 5.52. The summed E-state index contributed by atoms with van der Waals surface area (Å²) in [5, 5.41) is 3.32. The zero-order valence-electron chi connectivity index (χ0n) is 9.58. The van der Waals surface area contributed by atoms with Gasteiger partial charge in [-0.1, -0.05) is 0 Å². The van der Waals surface area contributed by atoms with E-state index in [1.54, 1.807) is 7.11 Å². The highest BCUT2D eigenvalue weighted by Gasteiger charge is 2.21. The van der Waals surface area contributed by atoms with Gasteiger partial charge in [-0.05, 0) is 39.7 Å². The lowest BCUT2D eigenvalue weighted by molar-refractivity contribution is -0.0542. The van der Waals surface area contributed by atoms with Gasteiger partial charge in [-0.3, -0.25) is 0 Å². The van der Waals surface area contributed by atoms with Gasteiger partial charge < -0.3 is 14.8 Å². The molecule has 1 fully saturated rings. The van der Waals surface area contributed by atoms with Gasteiger partial charge in [-0.15, -0.1) is 0 Å². The predicted molar refractivity (Wildman–Crippen MR) is 57.5 cm³/mol. The molecular formula is C11H23NO2. The molecule has 1 N–H and O–H groups in total. The number of hydrogen-bond donors (Lipinski definition) is 1. The highest BCUT2D eigenvalue weighted by molar-refractivity contribution is 4.76. The minimum atomic E-state index is 0.233. The number of nitrogens with one attached hydrogen (secondary N) is 1. The normalized spacial score (nSPS) is 30.2. The first-order valence-electron chi connectivity index (χ1n) is 5.58. The van der Waals surface area contributed by atoms with E-state index in [1.165, 1.54) is 25.7 Å². The summed E-state index contributed by atoms with van der Waals surface area (Å²) >= 11 is 0. The molecule has 3 nitrogen and oxygen atoms in total. The zero-order chi connectivity index (χ0) is 10.4. The first kappa shape index (κ1) is 12.0. The third-order valence-corrected chi connectivity index (χ3v) is 2.91. The van der Waals surface area contributed by atoms with Crippen LogP contribution in [-0.4, -0.2) is 39.0 Å². The Morgan fingerprint density at radius 1 is 1.29 bits per heavy atom. The molecule has 0 aromatic rings. The molecule has 0 aromatic carbocycles. The summed E-state index contributed by atoms with van der Waals surface area (Å²) in [7, 11) is 3.76. The van der Waals surface area contributed by atoms with Gasteiger partial charge in [0.1, 0.15) is 0 Å². The highest BCUT2D eigenvalue weighted by Crippen LogP contribution is 2.21. The number of hydrogen-bond acceptors (Lipinski definition) is 3. The largest absolute Gasteiger partial charge is 0.382 e. The van der Waals surface area contributed by atoms with Crippen molar-refractivity contribution in [1.82, 2.24) is 5.32 Å². The Labute approximate surface area is 87.2 Å². The molecule has 1 rings (SSSR count). The van der Waals surface area contributed by atoms with E-state index in [2.05, 4.69) is 12.2 Å². The van der Waals surface area contributed by atoms with Gasteiger partial charge in [0.15, 0.2) is 0 Å². The summed E-state index contributed by atoms with van der Waals surface area (Å²) in [6.45, 7) is 2.78. The third kappa shape index (κ3) is 3.95. The van der Waals surface area contributed by atoms with Crippen LogP contribution in [0.4, 0.5) is 0 Å². The average molecular weight is 201 g/mol. The lowest BCUT2D eigenvalue weighted by atomic mass is 9.93. The number of methoxy groups -OCH3 is 1. The Morgan fingerprint density at radius 3 is 2.43 bits per heavy atom. The summed E-state index contributed by atoms with van der Waals surface area (Å²) in [4.78, 5) is 0. The maximum atomic E-state index is 5.87. The van der Waals surface area contributed by atoms with Gasteiger partial charge in [0.2, 0.25) is 0 Å². The Balaban J connectivity index is 2.15. The van der Waals surface area contributed by atoms with Gasteiger partial charge in [0.25, 0.3) is 0 Å². The molecule has 0 radical (unpaired) electrons. The summed E-state index contributed by atoms with van der Waals surface area (Å²) in [6, 6.07) is 0.701. The van der Waals surface area contributed by atoms with Crippen LogP contribution in [0.15, 0.2) is 0 Å². The molecule has 1 saturated carbocycles. The fraction of sp³-hybridized carbons (Fsp3) is 1.00. The lowest BCUT2D eigenvalue weighted by Gasteiger charge is -2.30. The molecule has 0 heterocycles. The summed E-state index contributed by atoms with van der Waals surface area (Å²) in [5.41, 5.74) is 0. The molecule has 0 aliphatic heterocycles. The molecule has 0 aromatic heterocycles. The van der Waals surface area contributed by atoms with E-state index >= 15 is 0 Å². The number of ether oxygens (including phenoxy) is 2. The molecule has 3 heteroatoms.